The number of nitrogens with zero attached hydrogens (tertiary/aromatic N) is 2. The third kappa shape index (κ3) is 4.69. The molecule has 0 saturated heterocycles. The summed E-state index contributed by atoms with van der Waals surface area (Å²) in [4.78, 5) is 1.22. The van der Waals surface area contributed by atoms with Gasteiger partial charge in [-0.25, -0.2) is 0 Å². The molecule has 0 radical (unpaired) electrons. The summed E-state index contributed by atoms with van der Waals surface area (Å²) < 4.78 is 9.76. The summed E-state index contributed by atoms with van der Waals surface area (Å²) >= 11 is 1.48. The zero-order valence-electron chi connectivity index (χ0n) is 11.2. The van der Waals surface area contributed by atoms with Crippen LogP contribution in [0.3, 0.4) is 0 Å². The van der Waals surface area contributed by atoms with Crippen molar-refractivity contribution in [2.24, 2.45) is 0 Å². The van der Waals surface area contributed by atoms with Crippen molar-refractivity contribution in [3.05, 3.63) is 10.6 Å². The Morgan fingerprint density at radius 2 is 2.12 bits per heavy atom. The van der Waals surface area contributed by atoms with Crippen molar-refractivity contribution >= 4 is 11.5 Å². The van der Waals surface area contributed by atoms with Crippen LogP contribution >= 0.6 is 11.5 Å². The molecule has 0 spiro atoms. The Bertz CT molecular complexity index is 314. The summed E-state index contributed by atoms with van der Waals surface area (Å²) in [6.45, 7) is 10.1. The van der Waals surface area contributed by atoms with Gasteiger partial charge in [-0.2, -0.15) is 0 Å². The van der Waals surface area contributed by atoms with E-state index in [1.807, 2.05) is 0 Å². The third-order valence-electron chi connectivity index (χ3n) is 2.47. The first kappa shape index (κ1) is 14.5. The number of rotatable bonds is 8. The van der Waals surface area contributed by atoms with Crippen LogP contribution in [0.1, 0.15) is 50.7 Å². The Morgan fingerprint density at radius 3 is 2.71 bits per heavy atom. The zero-order chi connectivity index (χ0) is 12.7. The Morgan fingerprint density at radius 1 is 1.35 bits per heavy atom. The maximum Gasteiger partial charge on any atom is 0.0801 e. The monoisotopic (exact) mass is 257 g/mol. The van der Waals surface area contributed by atoms with Gasteiger partial charge in [0.1, 0.15) is 0 Å². The Balaban J connectivity index is 2.67. The highest BCUT2D eigenvalue weighted by molar-refractivity contribution is 7.05. The maximum atomic E-state index is 5.71. The summed E-state index contributed by atoms with van der Waals surface area (Å²) in [5.74, 6) is 0. The Hall–Kier alpha value is -0.520. The molecule has 0 aliphatic rings. The summed E-state index contributed by atoms with van der Waals surface area (Å²) in [7, 11) is 0. The second kappa shape index (κ2) is 7.74. The average molecular weight is 257 g/mol. The number of ether oxygens (including phenoxy) is 1. The van der Waals surface area contributed by atoms with Gasteiger partial charge in [0, 0.05) is 0 Å². The Kier molecular flexibility index (Phi) is 6.62. The zero-order valence-corrected chi connectivity index (χ0v) is 12.0. The van der Waals surface area contributed by atoms with E-state index in [1.54, 1.807) is 0 Å². The van der Waals surface area contributed by atoms with E-state index in [4.69, 9.17) is 4.74 Å². The molecule has 0 aliphatic carbocycles. The van der Waals surface area contributed by atoms with Gasteiger partial charge in [0.05, 0.1) is 29.3 Å². The van der Waals surface area contributed by atoms with Gasteiger partial charge < -0.3 is 10.1 Å². The fraction of sp³-hybridized carbons (Fsp3) is 0.833. The normalized spacial score (nSPS) is 13.2. The smallest absolute Gasteiger partial charge is 0.0801 e. The van der Waals surface area contributed by atoms with Crippen molar-refractivity contribution in [2.75, 3.05) is 13.2 Å². The van der Waals surface area contributed by atoms with Crippen LogP contribution in [0.2, 0.25) is 0 Å². The number of hydrogen-bond donors (Lipinski definition) is 1. The molecule has 1 N–H and O–H groups in total. The molecule has 0 aromatic carbocycles. The number of aromatic nitrogens is 2. The Labute approximate surface area is 108 Å². The predicted molar refractivity (Wildman–Crippen MR) is 71.4 cm³/mol. The van der Waals surface area contributed by atoms with Gasteiger partial charge in [-0.05, 0) is 44.8 Å². The molecule has 1 aromatic heterocycles. The van der Waals surface area contributed by atoms with Crippen molar-refractivity contribution < 1.29 is 4.74 Å². The van der Waals surface area contributed by atoms with E-state index in [9.17, 15) is 0 Å². The van der Waals surface area contributed by atoms with Crippen molar-refractivity contribution in [2.45, 2.75) is 52.7 Å². The van der Waals surface area contributed by atoms with Crippen molar-refractivity contribution in [3.63, 3.8) is 0 Å². The summed E-state index contributed by atoms with van der Waals surface area (Å²) in [6, 6.07) is 0.229. The molecule has 1 heterocycles. The lowest BCUT2D eigenvalue weighted by Gasteiger charge is -2.19. The van der Waals surface area contributed by atoms with E-state index in [1.165, 1.54) is 16.4 Å². The molecule has 0 fully saturated rings. The van der Waals surface area contributed by atoms with Gasteiger partial charge in [-0.1, -0.05) is 18.3 Å². The lowest BCUT2D eigenvalue weighted by molar-refractivity contribution is 0.0616. The van der Waals surface area contributed by atoms with Crippen LogP contribution in [-0.2, 0) is 11.2 Å². The van der Waals surface area contributed by atoms with E-state index in [-0.39, 0.29) is 12.1 Å². The maximum absolute atomic E-state index is 5.71. The fourth-order valence-electron chi connectivity index (χ4n) is 1.56. The molecule has 98 valence electrons. The van der Waals surface area contributed by atoms with Gasteiger partial charge in [0.25, 0.3) is 0 Å². The molecule has 4 nitrogen and oxygen atoms in total. The quantitative estimate of drug-likeness (QED) is 0.777. The van der Waals surface area contributed by atoms with E-state index < -0.39 is 0 Å². The lowest BCUT2D eigenvalue weighted by atomic mass is 10.2. The molecular weight excluding hydrogens is 234 g/mol. The second-order valence-corrected chi connectivity index (χ2v) is 5.11. The van der Waals surface area contributed by atoms with Gasteiger partial charge >= 0.3 is 0 Å². The van der Waals surface area contributed by atoms with Gasteiger partial charge in [0.2, 0.25) is 0 Å². The van der Waals surface area contributed by atoms with E-state index >= 15 is 0 Å². The summed E-state index contributed by atoms with van der Waals surface area (Å²) in [6.07, 6.45) is 2.30. The largest absolute Gasteiger partial charge is 0.377 e. The summed E-state index contributed by atoms with van der Waals surface area (Å²) in [5, 5.41) is 7.67. The first-order chi connectivity index (χ1) is 8.19. The van der Waals surface area contributed by atoms with Crippen LogP contribution in [-0.4, -0.2) is 28.8 Å². The number of aryl methyl sites for hydroxylation is 1. The molecule has 17 heavy (non-hydrogen) atoms. The first-order valence-corrected chi connectivity index (χ1v) is 7.12. The van der Waals surface area contributed by atoms with Crippen LogP contribution in [0.25, 0.3) is 0 Å². The molecule has 1 atom stereocenters. The molecule has 1 unspecified atom stereocenters. The van der Waals surface area contributed by atoms with Crippen LogP contribution in [0.4, 0.5) is 0 Å². The topological polar surface area (TPSA) is 47.0 Å². The molecule has 1 rings (SSSR count). The molecular formula is C12H23N3OS. The molecule has 0 amide bonds. The van der Waals surface area contributed by atoms with E-state index in [2.05, 4.69) is 42.6 Å². The SMILES string of the molecule is CCCNC(COC(C)C)c1snnc1CC. The number of hydrogen-bond acceptors (Lipinski definition) is 5. The van der Waals surface area contributed by atoms with Crippen molar-refractivity contribution in [3.8, 4) is 0 Å². The van der Waals surface area contributed by atoms with Gasteiger partial charge in [-0.3, -0.25) is 0 Å². The van der Waals surface area contributed by atoms with Crippen LogP contribution < -0.4 is 5.32 Å². The minimum atomic E-state index is 0.229. The average Bonchev–Trinajstić information content (AvgIpc) is 2.77. The first-order valence-electron chi connectivity index (χ1n) is 6.35. The minimum absolute atomic E-state index is 0.229. The van der Waals surface area contributed by atoms with Gasteiger partial charge in [0.15, 0.2) is 0 Å². The fourth-order valence-corrected chi connectivity index (χ4v) is 2.36. The van der Waals surface area contributed by atoms with Crippen LogP contribution in [0.5, 0.6) is 0 Å². The second-order valence-electron chi connectivity index (χ2n) is 4.33. The molecule has 0 bridgehead atoms. The highest BCUT2D eigenvalue weighted by atomic mass is 32.1. The highest BCUT2D eigenvalue weighted by Crippen LogP contribution is 2.21. The lowest BCUT2D eigenvalue weighted by Crippen LogP contribution is -2.27. The standard InChI is InChI=1S/C12H23N3OS/c1-5-7-13-11(8-16-9(3)4)12-10(6-2)14-15-17-12/h9,11,13H,5-8H2,1-4H3. The molecule has 1 aromatic rings. The third-order valence-corrected chi connectivity index (χ3v) is 3.35. The van der Waals surface area contributed by atoms with Crippen molar-refractivity contribution in [1.82, 2.24) is 14.9 Å². The minimum Gasteiger partial charge on any atom is -0.377 e. The van der Waals surface area contributed by atoms with Crippen molar-refractivity contribution in [1.29, 1.82) is 0 Å². The molecule has 0 aliphatic heterocycles. The predicted octanol–water partition coefficient (Wildman–Crippen LogP) is 2.57. The number of nitrogens with one attached hydrogen (secondary N) is 1. The highest BCUT2D eigenvalue weighted by Gasteiger charge is 2.18. The molecule has 5 heteroatoms. The van der Waals surface area contributed by atoms with Crippen LogP contribution in [0, 0.1) is 0 Å². The summed E-state index contributed by atoms with van der Waals surface area (Å²) in [5.41, 5.74) is 1.09. The van der Waals surface area contributed by atoms with Crippen LogP contribution in [0.15, 0.2) is 0 Å². The van der Waals surface area contributed by atoms with Gasteiger partial charge in [-0.15, -0.1) is 5.10 Å². The van der Waals surface area contributed by atoms with E-state index in [0.717, 1.165) is 25.1 Å². The molecule has 0 saturated carbocycles. The van der Waals surface area contributed by atoms with E-state index in [0.29, 0.717) is 6.61 Å².